The first-order valence-corrected chi connectivity index (χ1v) is 6.34. The molecule has 2 nitrogen and oxygen atoms in total. The largest absolute Gasteiger partial charge is 0.435 e. The van der Waals surface area contributed by atoms with Crippen molar-refractivity contribution in [3.63, 3.8) is 0 Å². The van der Waals surface area contributed by atoms with Crippen molar-refractivity contribution in [3.8, 4) is 5.75 Å². The number of benzene rings is 1. The van der Waals surface area contributed by atoms with Crippen molar-refractivity contribution in [1.82, 2.24) is 5.32 Å². The van der Waals surface area contributed by atoms with E-state index in [4.69, 9.17) is 0 Å². The first-order chi connectivity index (χ1) is 8.56. The Morgan fingerprint density at radius 2 is 1.94 bits per heavy atom. The fraction of sp³-hybridized carbons (Fsp3) is 0.571. The van der Waals surface area contributed by atoms with E-state index in [1.54, 1.807) is 12.1 Å². The summed E-state index contributed by atoms with van der Waals surface area (Å²) in [5.41, 5.74) is 1.09. The first-order valence-electron chi connectivity index (χ1n) is 6.34. The number of ether oxygens (including phenoxy) is 1. The van der Waals surface area contributed by atoms with Crippen molar-refractivity contribution in [2.24, 2.45) is 11.8 Å². The van der Waals surface area contributed by atoms with Crippen LogP contribution in [0.3, 0.4) is 0 Å². The Balaban J connectivity index is 1.83. The van der Waals surface area contributed by atoms with Crippen LogP contribution in [0.1, 0.15) is 31.9 Å². The second-order valence-electron chi connectivity index (χ2n) is 5.05. The maximum atomic E-state index is 12.0. The van der Waals surface area contributed by atoms with Crippen molar-refractivity contribution < 1.29 is 13.5 Å². The van der Waals surface area contributed by atoms with Crippen LogP contribution in [0.5, 0.6) is 5.75 Å². The molecular formula is C14H19F2NO. The van der Waals surface area contributed by atoms with Crippen LogP contribution >= 0.6 is 0 Å². The molecular weight excluding hydrogens is 236 g/mol. The highest BCUT2D eigenvalue weighted by Gasteiger charge is 2.32. The maximum absolute atomic E-state index is 12.0. The lowest BCUT2D eigenvalue weighted by atomic mass is 10.1. The fourth-order valence-electron chi connectivity index (χ4n) is 2.07. The molecule has 0 amide bonds. The summed E-state index contributed by atoms with van der Waals surface area (Å²) in [5.74, 6) is 1.84. The van der Waals surface area contributed by atoms with Gasteiger partial charge in [-0.05, 0) is 49.4 Å². The second kappa shape index (κ2) is 5.65. The van der Waals surface area contributed by atoms with Gasteiger partial charge in [0.25, 0.3) is 0 Å². The Hall–Kier alpha value is -1.16. The molecule has 1 aliphatic rings. The first kappa shape index (κ1) is 13.3. The van der Waals surface area contributed by atoms with Gasteiger partial charge < -0.3 is 10.1 Å². The summed E-state index contributed by atoms with van der Waals surface area (Å²) in [6.07, 6.45) is 1.31. The predicted molar refractivity (Wildman–Crippen MR) is 66.8 cm³/mol. The standard InChI is InChI=1S/C14H19F2NO/c1-9-7-12(9)8-17-10(2)11-3-5-13(6-4-11)18-14(15)16/h3-6,9-10,12,14,17H,7-8H2,1-2H3. The van der Waals surface area contributed by atoms with E-state index in [2.05, 4.69) is 23.9 Å². The number of nitrogens with one attached hydrogen (secondary N) is 1. The summed E-state index contributed by atoms with van der Waals surface area (Å²) >= 11 is 0. The van der Waals surface area contributed by atoms with E-state index in [1.165, 1.54) is 6.42 Å². The molecule has 0 bridgehead atoms. The zero-order chi connectivity index (χ0) is 13.1. The summed E-state index contributed by atoms with van der Waals surface area (Å²) in [6, 6.07) is 7.05. The van der Waals surface area contributed by atoms with Crippen molar-refractivity contribution in [2.45, 2.75) is 32.9 Å². The number of halogens is 2. The average molecular weight is 255 g/mol. The van der Waals surface area contributed by atoms with Gasteiger partial charge in [0.05, 0.1) is 0 Å². The molecule has 18 heavy (non-hydrogen) atoms. The quantitative estimate of drug-likeness (QED) is 0.838. The average Bonchev–Trinajstić information content (AvgIpc) is 3.02. The molecule has 1 aromatic carbocycles. The lowest BCUT2D eigenvalue weighted by Crippen LogP contribution is -2.21. The molecule has 4 heteroatoms. The molecule has 1 N–H and O–H groups in total. The zero-order valence-electron chi connectivity index (χ0n) is 10.7. The Morgan fingerprint density at radius 3 is 2.44 bits per heavy atom. The molecule has 0 aromatic heterocycles. The number of hydrogen-bond acceptors (Lipinski definition) is 2. The normalized spacial score (nSPS) is 24.1. The van der Waals surface area contributed by atoms with Crippen LogP contribution < -0.4 is 10.1 Å². The van der Waals surface area contributed by atoms with Crippen LogP contribution in [-0.2, 0) is 0 Å². The smallest absolute Gasteiger partial charge is 0.387 e. The summed E-state index contributed by atoms with van der Waals surface area (Å²) in [4.78, 5) is 0. The molecule has 0 radical (unpaired) electrons. The van der Waals surface area contributed by atoms with E-state index in [-0.39, 0.29) is 11.8 Å². The molecule has 1 aromatic rings. The molecule has 0 heterocycles. The van der Waals surface area contributed by atoms with Gasteiger partial charge >= 0.3 is 6.61 Å². The lowest BCUT2D eigenvalue weighted by Gasteiger charge is -2.14. The Kier molecular flexibility index (Phi) is 4.17. The van der Waals surface area contributed by atoms with E-state index in [0.29, 0.717) is 0 Å². The number of alkyl halides is 2. The van der Waals surface area contributed by atoms with Crippen LogP contribution in [0.25, 0.3) is 0 Å². The maximum Gasteiger partial charge on any atom is 0.387 e. The molecule has 2 rings (SSSR count). The van der Waals surface area contributed by atoms with Crippen LogP contribution in [0, 0.1) is 11.8 Å². The molecule has 0 saturated heterocycles. The van der Waals surface area contributed by atoms with Crippen molar-refractivity contribution in [2.75, 3.05) is 6.54 Å². The van der Waals surface area contributed by atoms with Crippen LogP contribution in [-0.4, -0.2) is 13.2 Å². The predicted octanol–water partition coefficient (Wildman–Crippen LogP) is 3.59. The second-order valence-corrected chi connectivity index (χ2v) is 5.05. The van der Waals surface area contributed by atoms with Gasteiger partial charge in [0.15, 0.2) is 0 Å². The Bertz CT molecular complexity index is 380. The van der Waals surface area contributed by atoms with Gasteiger partial charge in [0.1, 0.15) is 5.75 Å². The highest BCUT2D eigenvalue weighted by Crippen LogP contribution is 2.37. The van der Waals surface area contributed by atoms with Gasteiger partial charge in [0, 0.05) is 6.04 Å². The molecule has 0 aliphatic heterocycles. The van der Waals surface area contributed by atoms with Crippen LogP contribution in [0.2, 0.25) is 0 Å². The Labute approximate surface area is 106 Å². The third-order valence-electron chi connectivity index (χ3n) is 3.57. The van der Waals surface area contributed by atoms with E-state index >= 15 is 0 Å². The lowest BCUT2D eigenvalue weighted by molar-refractivity contribution is -0.0498. The fourth-order valence-corrected chi connectivity index (χ4v) is 2.07. The minimum absolute atomic E-state index is 0.205. The van der Waals surface area contributed by atoms with Gasteiger partial charge in [-0.3, -0.25) is 0 Å². The minimum Gasteiger partial charge on any atom is -0.435 e. The topological polar surface area (TPSA) is 21.3 Å². The molecule has 1 fully saturated rings. The Morgan fingerprint density at radius 1 is 1.33 bits per heavy atom. The van der Waals surface area contributed by atoms with Crippen LogP contribution in [0.4, 0.5) is 8.78 Å². The third kappa shape index (κ3) is 3.67. The van der Waals surface area contributed by atoms with Gasteiger partial charge in [-0.1, -0.05) is 19.1 Å². The minimum atomic E-state index is -2.76. The van der Waals surface area contributed by atoms with Gasteiger partial charge in [-0.25, -0.2) is 0 Å². The zero-order valence-corrected chi connectivity index (χ0v) is 10.7. The van der Waals surface area contributed by atoms with Crippen molar-refractivity contribution in [3.05, 3.63) is 29.8 Å². The monoisotopic (exact) mass is 255 g/mol. The molecule has 3 atom stereocenters. The molecule has 3 unspecified atom stereocenters. The highest BCUT2D eigenvalue weighted by molar-refractivity contribution is 5.28. The van der Waals surface area contributed by atoms with Gasteiger partial charge in [0.2, 0.25) is 0 Å². The van der Waals surface area contributed by atoms with Gasteiger partial charge in [-0.15, -0.1) is 0 Å². The molecule has 1 aliphatic carbocycles. The number of hydrogen-bond donors (Lipinski definition) is 1. The highest BCUT2D eigenvalue weighted by atomic mass is 19.3. The molecule has 0 spiro atoms. The summed E-state index contributed by atoms with van der Waals surface area (Å²) in [7, 11) is 0. The third-order valence-corrected chi connectivity index (χ3v) is 3.57. The van der Waals surface area contributed by atoms with Crippen molar-refractivity contribution >= 4 is 0 Å². The molecule has 1 saturated carbocycles. The molecule has 100 valence electrons. The van der Waals surface area contributed by atoms with E-state index < -0.39 is 6.61 Å². The van der Waals surface area contributed by atoms with E-state index in [9.17, 15) is 8.78 Å². The van der Waals surface area contributed by atoms with Crippen LogP contribution in [0.15, 0.2) is 24.3 Å². The van der Waals surface area contributed by atoms with Gasteiger partial charge in [-0.2, -0.15) is 8.78 Å². The summed E-state index contributed by atoms with van der Waals surface area (Å²) in [5, 5.41) is 3.46. The number of rotatable bonds is 6. The summed E-state index contributed by atoms with van der Waals surface area (Å²) in [6.45, 7) is 2.60. The van der Waals surface area contributed by atoms with E-state index in [1.807, 2.05) is 12.1 Å². The van der Waals surface area contributed by atoms with Crippen molar-refractivity contribution in [1.29, 1.82) is 0 Å². The van der Waals surface area contributed by atoms with E-state index in [0.717, 1.165) is 23.9 Å². The SMILES string of the molecule is CC(NCC1CC1C)c1ccc(OC(F)F)cc1. The summed E-state index contributed by atoms with van der Waals surface area (Å²) < 4.78 is 28.3.